The fraction of sp³-hybridized carbons (Fsp3) is 0.703. The fourth-order valence-electron chi connectivity index (χ4n) is 7.34. The van der Waals surface area contributed by atoms with Gasteiger partial charge in [0, 0.05) is 47.2 Å². The van der Waals surface area contributed by atoms with Gasteiger partial charge in [0.15, 0.2) is 0 Å². The predicted molar refractivity (Wildman–Crippen MR) is 189 cm³/mol. The third kappa shape index (κ3) is 10.5. The molecule has 3 N–H and O–H groups in total. The molecule has 51 heavy (non-hydrogen) atoms. The normalized spacial score (nSPS) is 22.9. The Morgan fingerprint density at radius 1 is 1.06 bits per heavy atom. The van der Waals surface area contributed by atoms with Crippen molar-refractivity contribution in [1.29, 1.82) is 0 Å². The van der Waals surface area contributed by atoms with E-state index < -0.39 is 71.7 Å². The Kier molecular flexibility index (Phi) is 15.8. The smallest absolute Gasteiger partial charge is 0.328 e. The molecule has 2 saturated heterocycles. The van der Waals surface area contributed by atoms with Gasteiger partial charge in [-0.25, -0.2) is 9.18 Å². The van der Waals surface area contributed by atoms with Crippen LogP contribution in [0.1, 0.15) is 65.4 Å². The van der Waals surface area contributed by atoms with Crippen molar-refractivity contribution in [2.24, 2.45) is 11.8 Å². The first kappa shape index (κ1) is 41.8. The summed E-state index contributed by atoms with van der Waals surface area (Å²) in [5.74, 6) is -3.23. The lowest BCUT2D eigenvalue weighted by Crippen LogP contribution is -2.57. The predicted octanol–water partition coefficient (Wildman–Crippen LogP) is 2.01. The molecule has 2 fully saturated rings. The van der Waals surface area contributed by atoms with E-state index in [2.05, 4.69) is 16.0 Å². The van der Waals surface area contributed by atoms with E-state index in [0.29, 0.717) is 32.4 Å². The summed E-state index contributed by atoms with van der Waals surface area (Å²) in [7, 11) is 5.88. The maximum atomic E-state index is 15.0. The standard InChI is InChI=1S/C37H58FN5O8/c1-9-23(2)31(42(5)34(46)25(4)40-36(48)37(38)17-18-39-22-37)29(49-6)21-30(44)43-19-13-16-28(43)32(50-7)24(3)33(45)41-27(35(47)51-8)20-26-14-11-10-12-15-26/h10-12,14-15,23-25,27-29,31-32,39H,9,13,16-22H2,1-8H3,(H,40,48)(H,41,45)/t23-,24+,25-,27-,28-,29+,31-,32+,37+/m0/s1. The zero-order valence-electron chi connectivity index (χ0n) is 31.4. The zero-order valence-corrected chi connectivity index (χ0v) is 31.4. The van der Waals surface area contributed by atoms with Gasteiger partial charge in [-0.2, -0.15) is 0 Å². The molecule has 0 bridgehead atoms. The maximum absolute atomic E-state index is 15.0. The number of ether oxygens (including phenoxy) is 3. The molecule has 0 aromatic heterocycles. The van der Waals surface area contributed by atoms with Crippen LogP contribution in [0.3, 0.4) is 0 Å². The van der Waals surface area contributed by atoms with Gasteiger partial charge in [-0.1, -0.05) is 57.5 Å². The Balaban J connectivity index is 1.72. The molecule has 286 valence electrons. The number of halogens is 1. The summed E-state index contributed by atoms with van der Waals surface area (Å²) in [6.45, 7) is 7.92. The van der Waals surface area contributed by atoms with Gasteiger partial charge in [0.2, 0.25) is 23.4 Å². The largest absolute Gasteiger partial charge is 0.467 e. The number of nitrogens with zero attached hydrogens (tertiary/aromatic N) is 2. The van der Waals surface area contributed by atoms with Gasteiger partial charge >= 0.3 is 5.97 Å². The van der Waals surface area contributed by atoms with Crippen LogP contribution in [0, 0.1) is 11.8 Å². The topological polar surface area (TPSA) is 156 Å². The summed E-state index contributed by atoms with van der Waals surface area (Å²) in [6, 6.07) is 6.46. The third-order valence-corrected chi connectivity index (χ3v) is 10.6. The van der Waals surface area contributed by atoms with Crippen LogP contribution in [-0.4, -0.2) is 129 Å². The van der Waals surface area contributed by atoms with Crippen LogP contribution in [-0.2, 0) is 44.6 Å². The van der Waals surface area contributed by atoms with Crippen molar-refractivity contribution in [3.05, 3.63) is 35.9 Å². The number of carbonyl (C=O) groups excluding carboxylic acids is 5. The summed E-state index contributed by atoms with van der Waals surface area (Å²) in [6.07, 6.45) is 0.876. The molecule has 0 spiro atoms. The van der Waals surface area contributed by atoms with Gasteiger partial charge in [0.05, 0.1) is 43.7 Å². The molecule has 3 rings (SSSR count). The molecule has 0 radical (unpaired) electrons. The summed E-state index contributed by atoms with van der Waals surface area (Å²) in [5.41, 5.74) is -1.21. The lowest BCUT2D eigenvalue weighted by Gasteiger charge is -2.40. The number of carbonyl (C=O) groups is 5. The molecule has 4 amide bonds. The van der Waals surface area contributed by atoms with Crippen molar-refractivity contribution < 1.29 is 42.6 Å². The number of alkyl halides is 1. The summed E-state index contributed by atoms with van der Waals surface area (Å²) >= 11 is 0. The van der Waals surface area contributed by atoms with E-state index in [1.165, 1.54) is 33.2 Å². The van der Waals surface area contributed by atoms with Gasteiger partial charge in [0.1, 0.15) is 12.1 Å². The van der Waals surface area contributed by atoms with E-state index in [1.54, 1.807) is 18.9 Å². The van der Waals surface area contributed by atoms with E-state index in [0.717, 1.165) is 5.56 Å². The van der Waals surface area contributed by atoms with Crippen molar-refractivity contribution in [1.82, 2.24) is 25.8 Å². The minimum Gasteiger partial charge on any atom is -0.467 e. The second-order valence-electron chi connectivity index (χ2n) is 14.0. The van der Waals surface area contributed by atoms with Gasteiger partial charge in [-0.3, -0.25) is 19.2 Å². The van der Waals surface area contributed by atoms with E-state index >= 15 is 4.39 Å². The third-order valence-electron chi connectivity index (χ3n) is 10.6. The summed E-state index contributed by atoms with van der Waals surface area (Å²) < 4.78 is 31.8. The number of hydrogen-bond acceptors (Lipinski definition) is 9. The monoisotopic (exact) mass is 719 g/mol. The van der Waals surface area contributed by atoms with Crippen LogP contribution < -0.4 is 16.0 Å². The highest BCUT2D eigenvalue weighted by atomic mass is 19.1. The lowest BCUT2D eigenvalue weighted by atomic mass is 9.90. The number of esters is 1. The van der Waals surface area contributed by atoms with Gasteiger partial charge < -0.3 is 40.0 Å². The second kappa shape index (κ2) is 19.3. The number of likely N-dealkylation sites (N-methyl/N-ethyl adjacent to an activating group) is 1. The molecule has 14 heteroatoms. The van der Waals surface area contributed by atoms with E-state index in [4.69, 9.17) is 14.2 Å². The average Bonchev–Trinajstić information content (AvgIpc) is 3.81. The quantitative estimate of drug-likeness (QED) is 0.193. The Morgan fingerprint density at radius 2 is 1.75 bits per heavy atom. The van der Waals surface area contributed by atoms with Crippen LogP contribution in [0.4, 0.5) is 4.39 Å². The number of rotatable bonds is 18. The lowest BCUT2D eigenvalue weighted by molar-refractivity contribution is -0.148. The van der Waals surface area contributed by atoms with Crippen LogP contribution >= 0.6 is 0 Å². The second-order valence-corrected chi connectivity index (χ2v) is 14.0. The molecule has 13 nitrogen and oxygen atoms in total. The van der Waals surface area contributed by atoms with Gasteiger partial charge in [0.25, 0.3) is 5.91 Å². The molecule has 0 saturated carbocycles. The first-order chi connectivity index (χ1) is 24.2. The highest BCUT2D eigenvalue weighted by molar-refractivity contribution is 5.92. The first-order valence-electron chi connectivity index (χ1n) is 18.0. The molecule has 0 unspecified atom stereocenters. The Hall–Kier alpha value is -3.62. The summed E-state index contributed by atoms with van der Waals surface area (Å²) in [4.78, 5) is 69.7. The highest BCUT2D eigenvalue weighted by Gasteiger charge is 2.45. The first-order valence-corrected chi connectivity index (χ1v) is 18.0. The SMILES string of the molecule is CC[C@H](C)[C@@H]([C@@H](CC(=O)N1CCC[C@H]1[C@H](OC)[C@@H](C)C(=O)N[C@@H](Cc1ccccc1)C(=O)OC)OC)N(C)C(=O)[C@H](C)NC(=O)[C@@]1(F)CCNC1. The van der Waals surface area contributed by atoms with Crippen LogP contribution in [0.2, 0.25) is 0 Å². The Morgan fingerprint density at radius 3 is 2.31 bits per heavy atom. The highest BCUT2D eigenvalue weighted by Crippen LogP contribution is 2.30. The van der Waals surface area contributed by atoms with E-state index in [9.17, 15) is 24.0 Å². The Labute approximate surface area is 301 Å². The Bertz CT molecular complexity index is 1330. The van der Waals surface area contributed by atoms with Crippen molar-refractivity contribution in [2.45, 2.75) is 108 Å². The van der Waals surface area contributed by atoms with Crippen LogP contribution in [0.15, 0.2) is 30.3 Å². The molecular weight excluding hydrogens is 661 g/mol. The summed E-state index contributed by atoms with van der Waals surface area (Å²) in [5, 5.41) is 8.21. The van der Waals surface area contributed by atoms with Crippen LogP contribution in [0.5, 0.6) is 0 Å². The van der Waals surface area contributed by atoms with E-state index in [-0.39, 0.29) is 37.6 Å². The molecule has 2 aliphatic heterocycles. The van der Waals surface area contributed by atoms with Crippen molar-refractivity contribution >= 4 is 29.6 Å². The van der Waals surface area contributed by atoms with Crippen molar-refractivity contribution in [2.75, 3.05) is 48.0 Å². The van der Waals surface area contributed by atoms with Crippen molar-refractivity contribution in [3.63, 3.8) is 0 Å². The molecule has 1 aromatic rings. The average molecular weight is 720 g/mol. The number of amides is 4. The zero-order chi connectivity index (χ0) is 37.9. The van der Waals surface area contributed by atoms with Gasteiger partial charge in [-0.15, -0.1) is 0 Å². The van der Waals surface area contributed by atoms with E-state index in [1.807, 2.05) is 44.2 Å². The number of methoxy groups -OCH3 is 3. The molecular formula is C37H58FN5O8. The minimum atomic E-state index is -2.07. The maximum Gasteiger partial charge on any atom is 0.328 e. The number of benzene rings is 1. The molecule has 2 aliphatic rings. The van der Waals surface area contributed by atoms with Crippen molar-refractivity contribution in [3.8, 4) is 0 Å². The molecule has 2 heterocycles. The van der Waals surface area contributed by atoms with Crippen LogP contribution in [0.25, 0.3) is 0 Å². The minimum absolute atomic E-state index is 0.0338. The molecule has 9 atom stereocenters. The fourth-order valence-corrected chi connectivity index (χ4v) is 7.34. The number of nitrogens with one attached hydrogen (secondary N) is 3. The molecule has 0 aliphatic carbocycles. The number of likely N-dealkylation sites (tertiary alicyclic amines) is 1. The van der Waals surface area contributed by atoms with Gasteiger partial charge in [-0.05, 0) is 37.8 Å². The molecule has 1 aromatic carbocycles. The number of hydrogen-bond donors (Lipinski definition) is 3.